The molecule has 0 heterocycles. The number of hydrogen-bond acceptors (Lipinski definition) is 3. The molecule has 0 saturated heterocycles. The number of carboxylic acids is 1. The second-order valence-corrected chi connectivity index (χ2v) is 4.58. The quantitative estimate of drug-likeness (QED) is 0.874. The van der Waals surface area contributed by atoms with Crippen LogP contribution < -0.4 is 0 Å². The number of phenols is 1. The van der Waals surface area contributed by atoms with Crippen molar-refractivity contribution in [3.05, 3.63) is 29.6 Å². The standard InChI is InChI=1S/C13H16FNO4/c1-4-15(13(2,3)12(18)19)11(17)9-6-5-8(16)7-10(9)14/h5-7,16H,4H2,1-3H3,(H,18,19). The highest BCUT2D eigenvalue weighted by atomic mass is 19.1. The lowest BCUT2D eigenvalue weighted by molar-refractivity contribution is -0.147. The maximum absolute atomic E-state index is 13.6. The van der Waals surface area contributed by atoms with E-state index in [1.54, 1.807) is 6.92 Å². The van der Waals surface area contributed by atoms with Gasteiger partial charge in [-0.2, -0.15) is 0 Å². The summed E-state index contributed by atoms with van der Waals surface area (Å²) in [6.07, 6.45) is 0. The summed E-state index contributed by atoms with van der Waals surface area (Å²) >= 11 is 0. The molecule has 1 amide bonds. The van der Waals surface area contributed by atoms with Crippen molar-refractivity contribution in [1.29, 1.82) is 0 Å². The van der Waals surface area contributed by atoms with Crippen molar-refractivity contribution in [3.8, 4) is 5.75 Å². The lowest BCUT2D eigenvalue weighted by Gasteiger charge is -2.34. The van der Waals surface area contributed by atoms with Gasteiger partial charge in [-0.25, -0.2) is 9.18 Å². The summed E-state index contributed by atoms with van der Waals surface area (Å²) in [5, 5.41) is 18.2. The molecule has 0 aliphatic heterocycles. The number of benzene rings is 1. The highest BCUT2D eigenvalue weighted by Crippen LogP contribution is 2.21. The molecule has 0 unspecified atom stereocenters. The first kappa shape index (κ1) is 14.9. The predicted octanol–water partition coefficient (Wildman–Crippen LogP) is 1.86. The Bertz CT molecular complexity index is 513. The molecule has 0 radical (unpaired) electrons. The van der Waals surface area contributed by atoms with Crippen molar-refractivity contribution in [2.24, 2.45) is 0 Å². The smallest absolute Gasteiger partial charge is 0.329 e. The van der Waals surface area contributed by atoms with Gasteiger partial charge < -0.3 is 15.1 Å². The number of rotatable bonds is 4. The fourth-order valence-electron chi connectivity index (χ4n) is 1.73. The van der Waals surface area contributed by atoms with Crippen LogP contribution in [0.1, 0.15) is 31.1 Å². The number of nitrogens with zero attached hydrogens (tertiary/aromatic N) is 1. The highest BCUT2D eigenvalue weighted by molar-refractivity contribution is 5.98. The fraction of sp³-hybridized carbons (Fsp3) is 0.385. The van der Waals surface area contributed by atoms with E-state index >= 15 is 0 Å². The molecule has 19 heavy (non-hydrogen) atoms. The molecule has 0 aromatic heterocycles. The molecule has 1 aromatic carbocycles. The Morgan fingerprint density at radius 3 is 2.37 bits per heavy atom. The Morgan fingerprint density at radius 2 is 1.95 bits per heavy atom. The molecule has 6 heteroatoms. The van der Waals surface area contributed by atoms with Crippen molar-refractivity contribution >= 4 is 11.9 Å². The van der Waals surface area contributed by atoms with Gasteiger partial charge in [-0.05, 0) is 32.9 Å². The second-order valence-electron chi connectivity index (χ2n) is 4.58. The maximum Gasteiger partial charge on any atom is 0.329 e. The van der Waals surface area contributed by atoms with Crippen LogP contribution in [0.5, 0.6) is 5.75 Å². The first-order valence-corrected chi connectivity index (χ1v) is 5.75. The summed E-state index contributed by atoms with van der Waals surface area (Å²) in [5.41, 5.74) is -1.72. The molecule has 104 valence electrons. The monoisotopic (exact) mass is 269 g/mol. The Morgan fingerprint density at radius 1 is 1.37 bits per heavy atom. The Hall–Kier alpha value is -2.11. The normalized spacial score (nSPS) is 11.2. The number of aliphatic carboxylic acids is 1. The van der Waals surface area contributed by atoms with Gasteiger partial charge >= 0.3 is 5.97 Å². The number of carbonyl (C=O) groups excluding carboxylic acids is 1. The number of halogens is 1. The van der Waals surface area contributed by atoms with E-state index in [1.807, 2.05) is 0 Å². The SMILES string of the molecule is CCN(C(=O)c1ccc(O)cc1F)C(C)(C)C(=O)O. The largest absolute Gasteiger partial charge is 0.508 e. The zero-order chi connectivity index (χ0) is 14.8. The Labute approximate surface area is 110 Å². The molecule has 0 atom stereocenters. The highest BCUT2D eigenvalue weighted by Gasteiger charge is 2.37. The first-order chi connectivity index (χ1) is 8.71. The summed E-state index contributed by atoms with van der Waals surface area (Å²) in [6.45, 7) is 4.48. The van der Waals surface area contributed by atoms with E-state index in [-0.39, 0.29) is 17.9 Å². The number of hydrogen-bond donors (Lipinski definition) is 2. The van der Waals surface area contributed by atoms with Crippen molar-refractivity contribution in [2.75, 3.05) is 6.54 Å². The minimum atomic E-state index is -1.45. The van der Waals surface area contributed by atoms with Gasteiger partial charge in [0.2, 0.25) is 0 Å². The van der Waals surface area contributed by atoms with Crippen molar-refractivity contribution in [2.45, 2.75) is 26.3 Å². The van der Waals surface area contributed by atoms with Crippen LogP contribution in [0, 0.1) is 5.82 Å². The minimum absolute atomic E-state index is 0.123. The van der Waals surface area contributed by atoms with Crippen LogP contribution in [0.4, 0.5) is 4.39 Å². The molecule has 0 saturated carbocycles. The Balaban J connectivity index is 3.19. The summed E-state index contributed by atoms with van der Waals surface area (Å²) in [5.74, 6) is -3.09. The number of carboxylic acid groups (broad SMARTS) is 1. The molecule has 0 aliphatic rings. The third-order valence-electron chi connectivity index (χ3n) is 2.94. The molecule has 1 aromatic rings. The van der Waals surface area contributed by atoms with E-state index in [2.05, 4.69) is 0 Å². The van der Waals surface area contributed by atoms with E-state index in [4.69, 9.17) is 10.2 Å². The summed E-state index contributed by atoms with van der Waals surface area (Å²) in [7, 11) is 0. The van der Waals surface area contributed by atoms with Crippen LogP contribution in [0.3, 0.4) is 0 Å². The van der Waals surface area contributed by atoms with E-state index in [1.165, 1.54) is 19.9 Å². The summed E-state index contributed by atoms with van der Waals surface area (Å²) < 4.78 is 13.6. The molecular weight excluding hydrogens is 253 g/mol. The molecule has 0 bridgehead atoms. The van der Waals surface area contributed by atoms with Gasteiger partial charge in [0.1, 0.15) is 17.1 Å². The number of likely N-dealkylation sites (N-methyl/N-ethyl adjacent to an activating group) is 1. The van der Waals surface area contributed by atoms with Gasteiger partial charge in [0.05, 0.1) is 5.56 Å². The summed E-state index contributed by atoms with van der Waals surface area (Å²) in [6, 6.07) is 3.13. The van der Waals surface area contributed by atoms with Gasteiger partial charge in [0, 0.05) is 12.6 Å². The van der Waals surface area contributed by atoms with Crippen molar-refractivity contribution < 1.29 is 24.2 Å². The number of aromatic hydroxyl groups is 1. The van der Waals surface area contributed by atoms with Gasteiger partial charge in [0.25, 0.3) is 5.91 Å². The van der Waals surface area contributed by atoms with Crippen molar-refractivity contribution in [1.82, 2.24) is 4.90 Å². The number of phenolic OH excluding ortho intramolecular Hbond substituents is 1. The van der Waals surface area contributed by atoms with Crippen LogP contribution >= 0.6 is 0 Å². The molecule has 5 nitrogen and oxygen atoms in total. The van der Waals surface area contributed by atoms with E-state index in [0.29, 0.717) is 0 Å². The lowest BCUT2D eigenvalue weighted by atomic mass is 10.0. The van der Waals surface area contributed by atoms with Crippen molar-refractivity contribution in [3.63, 3.8) is 0 Å². The topological polar surface area (TPSA) is 77.8 Å². The van der Waals surface area contributed by atoms with E-state index in [9.17, 15) is 14.0 Å². The second kappa shape index (κ2) is 5.26. The van der Waals surface area contributed by atoms with E-state index < -0.39 is 23.2 Å². The van der Waals surface area contributed by atoms with Gasteiger partial charge in [-0.1, -0.05) is 0 Å². The van der Waals surface area contributed by atoms with Crippen LogP contribution in [0.15, 0.2) is 18.2 Å². The molecular formula is C13H16FNO4. The number of amides is 1. The molecule has 0 spiro atoms. The first-order valence-electron chi connectivity index (χ1n) is 5.75. The third-order valence-corrected chi connectivity index (χ3v) is 2.94. The lowest BCUT2D eigenvalue weighted by Crippen LogP contribution is -2.53. The molecule has 2 N–H and O–H groups in total. The van der Waals surface area contributed by atoms with Crippen LogP contribution in [-0.4, -0.2) is 39.1 Å². The summed E-state index contributed by atoms with van der Waals surface area (Å²) in [4.78, 5) is 24.4. The zero-order valence-electron chi connectivity index (χ0n) is 11.0. The van der Waals surface area contributed by atoms with E-state index in [0.717, 1.165) is 17.0 Å². The van der Waals surface area contributed by atoms with Crippen LogP contribution in [-0.2, 0) is 4.79 Å². The minimum Gasteiger partial charge on any atom is -0.508 e. The average molecular weight is 269 g/mol. The van der Waals surface area contributed by atoms with Gasteiger partial charge in [-0.15, -0.1) is 0 Å². The Kier molecular flexibility index (Phi) is 4.14. The molecule has 1 rings (SSSR count). The molecule has 0 fully saturated rings. The zero-order valence-corrected chi connectivity index (χ0v) is 11.0. The van der Waals surface area contributed by atoms with Gasteiger partial charge in [0.15, 0.2) is 0 Å². The molecule has 0 aliphatic carbocycles. The predicted molar refractivity (Wildman–Crippen MR) is 66.5 cm³/mol. The average Bonchev–Trinajstić information content (AvgIpc) is 2.28. The van der Waals surface area contributed by atoms with Gasteiger partial charge in [-0.3, -0.25) is 4.79 Å². The van der Waals surface area contributed by atoms with Crippen LogP contribution in [0.2, 0.25) is 0 Å². The third kappa shape index (κ3) is 2.83. The number of carbonyl (C=O) groups is 2. The maximum atomic E-state index is 13.6. The van der Waals surface area contributed by atoms with Crippen LogP contribution in [0.25, 0.3) is 0 Å². The fourth-order valence-corrected chi connectivity index (χ4v) is 1.73.